The summed E-state index contributed by atoms with van der Waals surface area (Å²) in [5.41, 5.74) is 3.87. The highest BCUT2D eigenvalue weighted by Gasteiger charge is 2.32. The van der Waals surface area contributed by atoms with Gasteiger partial charge in [-0.3, -0.25) is 9.59 Å². The van der Waals surface area contributed by atoms with Crippen LogP contribution in [0.4, 0.5) is 0 Å². The quantitative estimate of drug-likeness (QED) is 0.327. The third-order valence-electron chi connectivity index (χ3n) is 7.43. The number of carbonyl (C=O) groups is 2. The molecule has 1 aliphatic carbocycles. The fourth-order valence-corrected chi connectivity index (χ4v) is 5.21. The Hall–Kier alpha value is -3.31. The number of aryl methyl sites for hydroxylation is 1. The van der Waals surface area contributed by atoms with Crippen LogP contribution >= 0.6 is 11.6 Å². The minimum absolute atomic E-state index is 0.132. The Morgan fingerprint density at radius 3 is 2.39 bits per heavy atom. The van der Waals surface area contributed by atoms with Gasteiger partial charge in [0.1, 0.15) is 11.8 Å². The van der Waals surface area contributed by atoms with Gasteiger partial charge in [-0.1, -0.05) is 91.5 Å². The number of carbonyl (C=O) groups excluding carboxylic acids is 2. The molecule has 0 aliphatic heterocycles. The van der Waals surface area contributed by atoms with Gasteiger partial charge in [-0.2, -0.15) is 0 Å². The Morgan fingerprint density at radius 2 is 1.66 bits per heavy atom. The van der Waals surface area contributed by atoms with Crippen molar-refractivity contribution in [1.29, 1.82) is 0 Å². The molecule has 2 amide bonds. The number of hydrogen-bond acceptors (Lipinski definition) is 3. The van der Waals surface area contributed by atoms with Crippen LogP contribution in [-0.2, 0) is 22.6 Å². The largest absolute Gasteiger partial charge is 0.483 e. The smallest absolute Gasteiger partial charge is 0.261 e. The zero-order valence-corrected chi connectivity index (χ0v) is 23.0. The zero-order chi connectivity index (χ0) is 26.9. The maximum absolute atomic E-state index is 13.8. The minimum Gasteiger partial charge on any atom is -0.483 e. The van der Waals surface area contributed by atoms with E-state index in [-0.39, 0.29) is 31.0 Å². The van der Waals surface area contributed by atoms with Crippen LogP contribution in [0.25, 0.3) is 0 Å². The molecule has 0 bridgehead atoms. The van der Waals surface area contributed by atoms with Crippen LogP contribution in [0, 0.1) is 13.8 Å². The lowest BCUT2D eigenvalue weighted by atomic mass is 9.94. The van der Waals surface area contributed by atoms with Crippen molar-refractivity contribution >= 4 is 23.4 Å². The van der Waals surface area contributed by atoms with E-state index in [0.717, 1.165) is 47.9 Å². The molecular weight excluding hydrogens is 496 g/mol. The van der Waals surface area contributed by atoms with Crippen molar-refractivity contribution in [2.75, 3.05) is 6.61 Å². The molecule has 1 atom stereocenters. The number of amides is 2. The van der Waals surface area contributed by atoms with Crippen molar-refractivity contribution < 1.29 is 14.3 Å². The molecule has 1 unspecified atom stereocenters. The molecule has 200 valence electrons. The van der Waals surface area contributed by atoms with E-state index in [4.69, 9.17) is 16.3 Å². The maximum Gasteiger partial charge on any atom is 0.261 e. The van der Waals surface area contributed by atoms with Gasteiger partial charge in [0.05, 0.1) is 0 Å². The minimum atomic E-state index is -0.703. The number of benzene rings is 3. The predicted octanol–water partition coefficient (Wildman–Crippen LogP) is 6.42. The number of rotatable bonds is 10. The molecule has 0 spiro atoms. The van der Waals surface area contributed by atoms with Gasteiger partial charge < -0.3 is 15.0 Å². The fourth-order valence-electron chi connectivity index (χ4n) is 5.01. The third-order valence-corrected chi connectivity index (χ3v) is 7.80. The van der Waals surface area contributed by atoms with Gasteiger partial charge >= 0.3 is 0 Å². The molecule has 1 N–H and O–H groups in total. The summed E-state index contributed by atoms with van der Waals surface area (Å²) >= 11 is 6.51. The second-order valence-electron chi connectivity index (χ2n) is 10.1. The van der Waals surface area contributed by atoms with E-state index < -0.39 is 6.04 Å². The topological polar surface area (TPSA) is 58.6 Å². The van der Waals surface area contributed by atoms with Crippen molar-refractivity contribution in [3.63, 3.8) is 0 Å². The van der Waals surface area contributed by atoms with Crippen LogP contribution < -0.4 is 10.1 Å². The van der Waals surface area contributed by atoms with Crippen LogP contribution in [0.15, 0.2) is 72.8 Å². The van der Waals surface area contributed by atoms with Crippen molar-refractivity contribution in [1.82, 2.24) is 10.2 Å². The Balaban J connectivity index is 1.63. The summed E-state index contributed by atoms with van der Waals surface area (Å²) in [5, 5.41) is 3.82. The van der Waals surface area contributed by atoms with Crippen LogP contribution in [0.5, 0.6) is 5.75 Å². The van der Waals surface area contributed by atoms with Crippen LogP contribution in [0.3, 0.4) is 0 Å². The molecule has 1 fully saturated rings. The van der Waals surface area contributed by atoms with E-state index in [2.05, 4.69) is 5.32 Å². The highest BCUT2D eigenvalue weighted by molar-refractivity contribution is 6.31. The normalized spacial score (nSPS) is 14.5. The van der Waals surface area contributed by atoms with Crippen LogP contribution in [0.2, 0.25) is 5.02 Å². The highest BCUT2D eigenvalue weighted by atomic mass is 35.5. The molecule has 4 rings (SSSR count). The Morgan fingerprint density at radius 1 is 0.947 bits per heavy atom. The number of halogens is 1. The number of nitrogens with one attached hydrogen (secondary N) is 1. The zero-order valence-electron chi connectivity index (χ0n) is 22.3. The molecule has 0 aromatic heterocycles. The summed E-state index contributed by atoms with van der Waals surface area (Å²) < 4.78 is 6.00. The molecule has 6 heteroatoms. The van der Waals surface area contributed by atoms with Crippen LogP contribution in [0.1, 0.15) is 54.4 Å². The SMILES string of the molecule is Cc1cccc(OCC(=O)N(Cc2ccccc2Cl)C(Cc2ccccc2)C(=O)NC2CCCCC2)c1C. The summed E-state index contributed by atoms with van der Waals surface area (Å²) in [5.74, 6) is 0.278. The average Bonchev–Trinajstić information content (AvgIpc) is 2.93. The van der Waals surface area contributed by atoms with Crippen LogP contribution in [-0.4, -0.2) is 35.4 Å². The lowest BCUT2D eigenvalue weighted by Crippen LogP contribution is -2.53. The van der Waals surface area contributed by atoms with Gasteiger partial charge in [-0.05, 0) is 61.1 Å². The molecule has 1 saturated carbocycles. The van der Waals surface area contributed by atoms with Gasteiger partial charge in [0, 0.05) is 24.0 Å². The first-order valence-corrected chi connectivity index (χ1v) is 13.9. The lowest BCUT2D eigenvalue weighted by molar-refractivity contribution is -0.143. The summed E-state index contributed by atoms with van der Waals surface area (Å²) in [6, 6.07) is 22.5. The first kappa shape index (κ1) is 27.7. The van der Waals surface area contributed by atoms with E-state index in [9.17, 15) is 9.59 Å². The first-order chi connectivity index (χ1) is 18.4. The summed E-state index contributed by atoms with van der Waals surface area (Å²) in [4.78, 5) is 29.3. The standard InChI is InChI=1S/C32H37ClN2O3/c1-23-12-11-19-30(24(23)2)38-22-31(36)35(21-26-15-9-10-18-28(26)33)29(20-25-13-5-3-6-14-25)32(37)34-27-16-7-4-8-17-27/h3,5-6,9-15,18-19,27,29H,4,7-8,16-17,20-22H2,1-2H3,(H,34,37). The lowest BCUT2D eigenvalue weighted by Gasteiger charge is -2.33. The van der Waals surface area contributed by atoms with Gasteiger partial charge in [0.15, 0.2) is 6.61 Å². The monoisotopic (exact) mass is 532 g/mol. The van der Waals surface area contributed by atoms with E-state index in [1.165, 1.54) is 6.42 Å². The van der Waals surface area contributed by atoms with Crippen molar-refractivity contribution in [2.45, 2.75) is 71.0 Å². The van der Waals surface area contributed by atoms with Gasteiger partial charge in [0.2, 0.25) is 5.91 Å². The molecule has 38 heavy (non-hydrogen) atoms. The Labute approximate surface area is 231 Å². The van der Waals surface area contributed by atoms with Crippen molar-refractivity contribution in [2.24, 2.45) is 0 Å². The molecular formula is C32H37ClN2O3. The molecule has 5 nitrogen and oxygen atoms in total. The first-order valence-electron chi connectivity index (χ1n) is 13.5. The molecule has 0 radical (unpaired) electrons. The Bertz CT molecular complexity index is 1220. The molecule has 0 saturated heterocycles. The van der Waals surface area contributed by atoms with E-state index in [1.807, 2.05) is 80.6 Å². The van der Waals surface area contributed by atoms with Crippen molar-refractivity contribution in [3.05, 3.63) is 100 Å². The maximum atomic E-state index is 13.8. The fraction of sp³-hybridized carbons (Fsp3) is 0.375. The summed E-state index contributed by atoms with van der Waals surface area (Å²) in [6.45, 7) is 4.03. The summed E-state index contributed by atoms with van der Waals surface area (Å²) in [7, 11) is 0. The predicted molar refractivity (Wildman–Crippen MR) is 152 cm³/mol. The third kappa shape index (κ3) is 7.38. The van der Waals surface area contributed by atoms with Crippen molar-refractivity contribution in [3.8, 4) is 5.75 Å². The number of hydrogen-bond donors (Lipinski definition) is 1. The number of nitrogens with zero attached hydrogens (tertiary/aromatic N) is 1. The molecule has 3 aromatic rings. The molecule has 3 aromatic carbocycles. The van der Waals surface area contributed by atoms with Gasteiger partial charge in [-0.25, -0.2) is 0 Å². The molecule has 1 aliphatic rings. The van der Waals surface area contributed by atoms with E-state index in [0.29, 0.717) is 17.2 Å². The second-order valence-corrected chi connectivity index (χ2v) is 10.6. The second kappa shape index (κ2) is 13.5. The Kier molecular flexibility index (Phi) is 9.83. The van der Waals surface area contributed by atoms with E-state index >= 15 is 0 Å². The highest BCUT2D eigenvalue weighted by Crippen LogP contribution is 2.24. The summed E-state index contributed by atoms with van der Waals surface area (Å²) in [6.07, 6.45) is 5.77. The average molecular weight is 533 g/mol. The molecule has 0 heterocycles. The van der Waals surface area contributed by atoms with E-state index in [1.54, 1.807) is 11.0 Å². The van der Waals surface area contributed by atoms with Gasteiger partial charge in [-0.15, -0.1) is 0 Å². The van der Waals surface area contributed by atoms with Gasteiger partial charge in [0.25, 0.3) is 5.91 Å². The number of ether oxygens (including phenoxy) is 1.